The second kappa shape index (κ2) is 6.37. The molecule has 0 saturated carbocycles. The molecule has 0 fully saturated rings. The molecular weight excluding hydrogens is 306 g/mol. The van der Waals surface area contributed by atoms with E-state index in [1.54, 1.807) is 25.1 Å². The van der Waals surface area contributed by atoms with Crippen LogP contribution in [-0.2, 0) is 0 Å². The van der Waals surface area contributed by atoms with Gasteiger partial charge in [-0.05, 0) is 42.8 Å². The van der Waals surface area contributed by atoms with Crippen molar-refractivity contribution in [3.8, 4) is 22.8 Å². The Kier molecular flexibility index (Phi) is 4.11. The summed E-state index contributed by atoms with van der Waals surface area (Å²) in [4.78, 5) is 22.9. The number of carbonyl (C=O) groups is 1. The molecule has 3 rings (SSSR count). The van der Waals surface area contributed by atoms with Gasteiger partial charge in [0.25, 0.3) is 5.56 Å². The van der Waals surface area contributed by atoms with E-state index in [2.05, 4.69) is 10.2 Å². The third-order valence-corrected chi connectivity index (χ3v) is 3.49. The van der Waals surface area contributed by atoms with Crippen molar-refractivity contribution in [1.29, 1.82) is 0 Å². The van der Waals surface area contributed by atoms with Gasteiger partial charge in [0.1, 0.15) is 11.5 Å². The molecule has 120 valence electrons. The summed E-state index contributed by atoms with van der Waals surface area (Å²) >= 11 is 0. The molecule has 0 radical (unpaired) electrons. The topological polar surface area (TPSA) is 98.1 Å². The molecule has 0 atom stereocenters. The molecule has 2 aromatic carbocycles. The first-order valence-corrected chi connectivity index (χ1v) is 7.28. The molecule has 0 aliphatic rings. The van der Waals surface area contributed by atoms with Gasteiger partial charge in [-0.15, -0.1) is 0 Å². The number of hydrogen-bond acceptors (Lipinski definition) is 4. The Labute approximate surface area is 137 Å². The van der Waals surface area contributed by atoms with Crippen molar-refractivity contribution in [2.75, 3.05) is 0 Å². The van der Waals surface area contributed by atoms with E-state index in [0.29, 0.717) is 33.9 Å². The third-order valence-electron chi connectivity index (χ3n) is 3.49. The number of benzene rings is 2. The Morgan fingerprint density at radius 2 is 1.88 bits per heavy atom. The summed E-state index contributed by atoms with van der Waals surface area (Å²) in [6, 6.07) is 15.5. The van der Waals surface area contributed by atoms with Crippen LogP contribution in [0.15, 0.2) is 59.4 Å². The number of para-hydroxylation sites is 1. The van der Waals surface area contributed by atoms with E-state index in [1.165, 1.54) is 6.07 Å². The molecule has 0 unspecified atom stereocenters. The molecule has 3 N–H and O–H groups in total. The SMILES string of the molecule is Cc1cc(=O)[nH]nc1-c1cc(C(N)=O)ccc1Oc1ccccc1. The lowest BCUT2D eigenvalue weighted by Crippen LogP contribution is -2.12. The number of primary amides is 1. The molecule has 6 nitrogen and oxygen atoms in total. The number of aromatic amines is 1. The predicted octanol–water partition coefficient (Wildman–Crippen LogP) is 2.64. The molecule has 1 amide bonds. The van der Waals surface area contributed by atoms with E-state index >= 15 is 0 Å². The molecule has 0 bridgehead atoms. The minimum atomic E-state index is -0.551. The second-order valence-electron chi connectivity index (χ2n) is 5.25. The largest absolute Gasteiger partial charge is 0.457 e. The van der Waals surface area contributed by atoms with E-state index in [1.807, 2.05) is 30.3 Å². The zero-order chi connectivity index (χ0) is 17.1. The molecule has 0 aliphatic heterocycles. The number of nitrogens with two attached hydrogens (primary N) is 1. The Hall–Kier alpha value is -3.41. The van der Waals surface area contributed by atoms with Gasteiger partial charge in [-0.3, -0.25) is 9.59 Å². The Balaban J connectivity index is 2.15. The number of rotatable bonds is 4. The van der Waals surface area contributed by atoms with E-state index < -0.39 is 5.91 Å². The number of amides is 1. The van der Waals surface area contributed by atoms with Crippen molar-refractivity contribution in [1.82, 2.24) is 10.2 Å². The zero-order valence-electron chi connectivity index (χ0n) is 12.9. The summed E-state index contributed by atoms with van der Waals surface area (Å²) in [6.07, 6.45) is 0. The number of nitrogens with one attached hydrogen (secondary N) is 1. The van der Waals surface area contributed by atoms with Gasteiger partial charge in [0.2, 0.25) is 5.91 Å². The average molecular weight is 321 g/mol. The third kappa shape index (κ3) is 3.17. The molecule has 0 saturated heterocycles. The molecule has 1 aromatic heterocycles. The lowest BCUT2D eigenvalue weighted by Gasteiger charge is -2.13. The van der Waals surface area contributed by atoms with Crippen LogP contribution < -0.4 is 16.0 Å². The van der Waals surface area contributed by atoms with Gasteiger partial charge in [-0.2, -0.15) is 5.10 Å². The van der Waals surface area contributed by atoms with Crippen molar-refractivity contribution >= 4 is 5.91 Å². The number of carbonyl (C=O) groups excluding carboxylic acids is 1. The quantitative estimate of drug-likeness (QED) is 0.771. The summed E-state index contributed by atoms with van der Waals surface area (Å²) in [7, 11) is 0. The minimum Gasteiger partial charge on any atom is -0.457 e. The maximum absolute atomic E-state index is 11.5. The maximum atomic E-state index is 11.5. The van der Waals surface area contributed by atoms with E-state index in [-0.39, 0.29) is 5.56 Å². The van der Waals surface area contributed by atoms with Crippen molar-refractivity contribution < 1.29 is 9.53 Å². The fourth-order valence-electron chi connectivity index (χ4n) is 2.34. The van der Waals surface area contributed by atoms with E-state index in [0.717, 1.165) is 0 Å². The maximum Gasteiger partial charge on any atom is 0.264 e. The van der Waals surface area contributed by atoms with Crippen LogP contribution in [0.2, 0.25) is 0 Å². The van der Waals surface area contributed by atoms with Crippen LogP contribution in [-0.4, -0.2) is 16.1 Å². The summed E-state index contributed by atoms with van der Waals surface area (Å²) in [6.45, 7) is 1.76. The molecule has 6 heteroatoms. The number of ether oxygens (including phenoxy) is 1. The van der Waals surface area contributed by atoms with Gasteiger partial charge >= 0.3 is 0 Å². The van der Waals surface area contributed by atoms with E-state index in [4.69, 9.17) is 10.5 Å². The molecule has 0 aliphatic carbocycles. The van der Waals surface area contributed by atoms with Gasteiger partial charge in [0.05, 0.1) is 5.69 Å². The molecular formula is C18H15N3O3. The average Bonchev–Trinajstić information content (AvgIpc) is 2.56. The van der Waals surface area contributed by atoms with Crippen LogP contribution in [0, 0.1) is 6.92 Å². The van der Waals surface area contributed by atoms with Crippen molar-refractivity contribution in [2.45, 2.75) is 6.92 Å². The van der Waals surface area contributed by atoms with Crippen LogP contribution in [0.1, 0.15) is 15.9 Å². The highest BCUT2D eigenvalue weighted by molar-refractivity contribution is 5.94. The fourth-order valence-corrected chi connectivity index (χ4v) is 2.34. The van der Waals surface area contributed by atoms with Crippen molar-refractivity contribution in [3.63, 3.8) is 0 Å². The van der Waals surface area contributed by atoms with Crippen LogP contribution >= 0.6 is 0 Å². The number of H-pyrrole nitrogens is 1. The first kappa shape index (κ1) is 15.5. The van der Waals surface area contributed by atoms with Crippen molar-refractivity contribution in [2.24, 2.45) is 5.73 Å². The fraction of sp³-hybridized carbons (Fsp3) is 0.0556. The normalized spacial score (nSPS) is 10.4. The summed E-state index contributed by atoms with van der Waals surface area (Å²) in [5.74, 6) is 0.603. The Morgan fingerprint density at radius 1 is 1.12 bits per heavy atom. The number of aromatic nitrogens is 2. The van der Waals surface area contributed by atoms with Crippen LogP contribution in [0.5, 0.6) is 11.5 Å². The summed E-state index contributed by atoms with van der Waals surface area (Å²) in [5.41, 5.74) is 7.16. The number of hydrogen-bond donors (Lipinski definition) is 2. The highest BCUT2D eigenvalue weighted by Crippen LogP contribution is 2.34. The van der Waals surface area contributed by atoms with E-state index in [9.17, 15) is 9.59 Å². The Morgan fingerprint density at radius 3 is 2.54 bits per heavy atom. The summed E-state index contributed by atoms with van der Waals surface area (Å²) in [5, 5.41) is 6.48. The van der Waals surface area contributed by atoms with Gasteiger partial charge in [-0.1, -0.05) is 18.2 Å². The second-order valence-corrected chi connectivity index (χ2v) is 5.25. The smallest absolute Gasteiger partial charge is 0.264 e. The number of aryl methyl sites for hydroxylation is 1. The number of nitrogens with zero attached hydrogens (tertiary/aromatic N) is 1. The first-order chi connectivity index (χ1) is 11.5. The van der Waals surface area contributed by atoms with Crippen LogP contribution in [0.3, 0.4) is 0 Å². The molecule has 24 heavy (non-hydrogen) atoms. The highest BCUT2D eigenvalue weighted by Gasteiger charge is 2.15. The molecule has 1 heterocycles. The Bertz CT molecular complexity index is 949. The minimum absolute atomic E-state index is 0.298. The zero-order valence-corrected chi connectivity index (χ0v) is 12.9. The van der Waals surface area contributed by atoms with Gasteiger partial charge < -0.3 is 10.5 Å². The predicted molar refractivity (Wildman–Crippen MR) is 90.1 cm³/mol. The standard InChI is InChI=1S/C18H15N3O3/c1-11-9-16(22)20-21-17(11)14-10-12(18(19)23)7-8-15(14)24-13-5-3-2-4-6-13/h2-10H,1H3,(H2,19,23)(H,20,22). The lowest BCUT2D eigenvalue weighted by molar-refractivity contribution is 0.100. The van der Waals surface area contributed by atoms with Crippen molar-refractivity contribution in [3.05, 3.63) is 76.1 Å². The first-order valence-electron chi connectivity index (χ1n) is 7.28. The van der Waals surface area contributed by atoms with Crippen LogP contribution in [0.4, 0.5) is 0 Å². The molecule has 3 aromatic rings. The monoisotopic (exact) mass is 321 g/mol. The summed E-state index contributed by atoms with van der Waals surface area (Å²) < 4.78 is 5.90. The van der Waals surface area contributed by atoms with Gasteiger partial charge in [-0.25, -0.2) is 5.10 Å². The van der Waals surface area contributed by atoms with Gasteiger partial charge in [0.15, 0.2) is 0 Å². The highest BCUT2D eigenvalue weighted by atomic mass is 16.5. The van der Waals surface area contributed by atoms with Gasteiger partial charge in [0, 0.05) is 17.2 Å². The lowest BCUT2D eigenvalue weighted by atomic mass is 10.0. The van der Waals surface area contributed by atoms with Crippen LogP contribution in [0.25, 0.3) is 11.3 Å². The molecule has 0 spiro atoms.